The van der Waals surface area contributed by atoms with Crippen LogP contribution in [0.3, 0.4) is 0 Å². The maximum atomic E-state index is 11.6. The number of nitrogens with one attached hydrogen (secondary N) is 1. The minimum absolute atomic E-state index is 0.0797. The van der Waals surface area contributed by atoms with Crippen molar-refractivity contribution in [2.24, 2.45) is 11.7 Å². The van der Waals surface area contributed by atoms with Crippen molar-refractivity contribution >= 4 is 5.91 Å². The van der Waals surface area contributed by atoms with E-state index in [0.29, 0.717) is 19.6 Å². The number of methoxy groups -OCH3 is 1. The summed E-state index contributed by atoms with van der Waals surface area (Å²) < 4.78 is 5.00. The summed E-state index contributed by atoms with van der Waals surface area (Å²) in [6.07, 6.45) is 3.72. The number of hydrogen-bond acceptors (Lipinski definition) is 3. The number of carbonyl (C=O) groups is 1. The van der Waals surface area contributed by atoms with E-state index in [1.54, 1.807) is 7.11 Å². The number of hydrogen-bond donors (Lipinski definition) is 2. The minimum Gasteiger partial charge on any atom is -0.384 e. The van der Waals surface area contributed by atoms with E-state index in [0.717, 1.165) is 19.3 Å². The molecule has 0 saturated carbocycles. The molecule has 0 aliphatic rings. The fourth-order valence-electron chi connectivity index (χ4n) is 1.65. The Labute approximate surface area is 98.9 Å². The zero-order valence-electron chi connectivity index (χ0n) is 10.8. The lowest BCUT2D eigenvalue weighted by molar-refractivity contribution is -0.123. The van der Waals surface area contributed by atoms with Crippen LogP contribution < -0.4 is 11.1 Å². The summed E-state index contributed by atoms with van der Waals surface area (Å²) in [5.74, 6) is 0.339. The number of rotatable bonds is 9. The molecule has 0 aliphatic heterocycles. The highest BCUT2D eigenvalue weighted by Crippen LogP contribution is 2.04. The summed E-state index contributed by atoms with van der Waals surface area (Å²) in [6.45, 7) is 5.28. The van der Waals surface area contributed by atoms with Crippen molar-refractivity contribution in [3.63, 3.8) is 0 Å². The van der Waals surface area contributed by atoms with E-state index < -0.39 is 0 Å². The zero-order chi connectivity index (χ0) is 12.4. The molecule has 16 heavy (non-hydrogen) atoms. The van der Waals surface area contributed by atoms with E-state index in [2.05, 4.69) is 12.2 Å². The van der Waals surface area contributed by atoms with Gasteiger partial charge in [-0.3, -0.25) is 4.79 Å². The molecule has 0 radical (unpaired) electrons. The van der Waals surface area contributed by atoms with Gasteiger partial charge in [-0.1, -0.05) is 26.7 Å². The Morgan fingerprint density at radius 2 is 2.19 bits per heavy atom. The molecule has 0 fully saturated rings. The van der Waals surface area contributed by atoms with Crippen LogP contribution in [-0.4, -0.2) is 32.2 Å². The van der Waals surface area contributed by atoms with Crippen LogP contribution in [0.25, 0.3) is 0 Å². The second-order valence-electron chi connectivity index (χ2n) is 4.41. The van der Waals surface area contributed by atoms with Gasteiger partial charge in [-0.25, -0.2) is 0 Å². The molecule has 0 aromatic heterocycles. The first-order chi connectivity index (χ1) is 7.63. The van der Waals surface area contributed by atoms with Crippen LogP contribution in [0.5, 0.6) is 0 Å². The van der Waals surface area contributed by atoms with Crippen molar-refractivity contribution in [3.05, 3.63) is 0 Å². The summed E-state index contributed by atoms with van der Waals surface area (Å²) in [6, 6.07) is 0.127. The van der Waals surface area contributed by atoms with Gasteiger partial charge < -0.3 is 15.8 Å². The van der Waals surface area contributed by atoms with Gasteiger partial charge in [0.2, 0.25) is 5.91 Å². The number of nitrogens with two attached hydrogens (primary N) is 1. The van der Waals surface area contributed by atoms with Crippen molar-refractivity contribution in [1.82, 2.24) is 5.32 Å². The van der Waals surface area contributed by atoms with Gasteiger partial charge in [-0.15, -0.1) is 0 Å². The molecule has 4 nitrogen and oxygen atoms in total. The molecule has 0 saturated heterocycles. The van der Waals surface area contributed by atoms with Crippen LogP contribution in [0.15, 0.2) is 0 Å². The third-order valence-electron chi connectivity index (χ3n) is 2.54. The molecule has 2 unspecified atom stereocenters. The topological polar surface area (TPSA) is 64.3 Å². The van der Waals surface area contributed by atoms with Crippen molar-refractivity contribution < 1.29 is 9.53 Å². The first-order valence-electron chi connectivity index (χ1n) is 6.12. The Kier molecular flexibility index (Phi) is 9.24. The van der Waals surface area contributed by atoms with Crippen molar-refractivity contribution in [1.29, 1.82) is 0 Å². The number of ether oxygens (including phenoxy) is 1. The van der Waals surface area contributed by atoms with Gasteiger partial charge in [0, 0.05) is 32.7 Å². The van der Waals surface area contributed by atoms with Crippen LogP contribution >= 0.6 is 0 Å². The van der Waals surface area contributed by atoms with Crippen molar-refractivity contribution in [3.8, 4) is 0 Å². The van der Waals surface area contributed by atoms with Crippen LogP contribution in [0.1, 0.15) is 39.5 Å². The Bertz CT molecular complexity index is 186. The fraction of sp³-hybridized carbons (Fsp3) is 0.917. The highest BCUT2D eigenvalue weighted by atomic mass is 16.5. The Hall–Kier alpha value is -0.610. The summed E-state index contributed by atoms with van der Waals surface area (Å²) in [4.78, 5) is 11.6. The molecule has 0 heterocycles. The van der Waals surface area contributed by atoms with E-state index in [4.69, 9.17) is 10.5 Å². The molecule has 0 rings (SSSR count). The quantitative estimate of drug-likeness (QED) is 0.627. The molecule has 3 N–H and O–H groups in total. The van der Waals surface area contributed by atoms with Gasteiger partial charge in [0.25, 0.3) is 0 Å². The highest BCUT2D eigenvalue weighted by molar-refractivity contribution is 5.76. The Balaban J connectivity index is 3.81. The van der Waals surface area contributed by atoms with Crippen molar-refractivity contribution in [2.45, 2.75) is 45.6 Å². The molecule has 0 aromatic rings. The average Bonchev–Trinajstić information content (AvgIpc) is 2.24. The largest absolute Gasteiger partial charge is 0.384 e. The smallest absolute Gasteiger partial charge is 0.220 e. The van der Waals surface area contributed by atoms with Gasteiger partial charge in [0.05, 0.1) is 0 Å². The predicted octanol–water partition coefficient (Wildman–Crippen LogP) is 1.29. The fourth-order valence-corrected chi connectivity index (χ4v) is 1.65. The molecule has 0 bridgehead atoms. The third kappa shape index (κ3) is 7.65. The van der Waals surface area contributed by atoms with Crippen molar-refractivity contribution in [2.75, 3.05) is 20.3 Å². The lowest BCUT2D eigenvalue weighted by Gasteiger charge is -2.18. The molecule has 0 aromatic carbocycles. The Morgan fingerprint density at radius 3 is 2.69 bits per heavy atom. The SMILES string of the molecule is CCCCC(CN)NC(=O)CC(C)COC. The normalized spacial score (nSPS) is 14.5. The standard InChI is InChI=1S/C12H26N2O2/c1-4-5-6-11(8-13)14-12(15)7-10(2)9-16-3/h10-11H,4-9,13H2,1-3H3,(H,14,15). The molecule has 0 aliphatic carbocycles. The predicted molar refractivity (Wildman–Crippen MR) is 66.2 cm³/mol. The van der Waals surface area contributed by atoms with Gasteiger partial charge in [0.15, 0.2) is 0 Å². The van der Waals surface area contributed by atoms with Gasteiger partial charge >= 0.3 is 0 Å². The lowest BCUT2D eigenvalue weighted by Crippen LogP contribution is -2.40. The number of carbonyl (C=O) groups excluding carboxylic acids is 1. The molecule has 0 spiro atoms. The molecular formula is C12H26N2O2. The second kappa shape index (κ2) is 9.60. The van der Waals surface area contributed by atoms with E-state index in [1.807, 2.05) is 6.92 Å². The summed E-state index contributed by atoms with van der Waals surface area (Å²) >= 11 is 0. The molecule has 1 amide bonds. The maximum Gasteiger partial charge on any atom is 0.220 e. The minimum atomic E-state index is 0.0797. The maximum absolute atomic E-state index is 11.6. The first-order valence-corrected chi connectivity index (χ1v) is 6.12. The van der Waals surface area contributed by atoms with E-state index in [-0.39, 0.29) is 17.9 Å². The van der Waals surface area contributed by atoms with Gasteiger partial charge in [-0.2, -0.15) is 0 Å². The van der Waals surface area contributed by atoms with E-state index >= 15 is 0 Å². The summed E-state index contributed by atoms with van der Waals surface area (Å²) in [5.41, 5.74) is 5.61. The molecule has 4 heteroatoms. The van der Waals surface area contributed by atoms with Gasteiger partial charge in [-0.05, 0) is 12.3 Å². The molecule has 96 valence electrons. The average molecular weight is 230 g/mol. The third-order valence-corrected chi connectivity index (χ3v) is 2.54. The summed E-state index contributed by atoms with van der Waals surface area (Å²) in [7, 11) is 1.65. The van der Waals surface area contributed by atoms with Crippen LogP contribution in [0.2, 0.25) is 0 Å². The van der Waals surface area contributed by atoms with Crippen LogP contribution in [-0.2, 0) is 9.53 Å². The monoisotopic (exact) mass is 230 g/mol. The first kappa shape index (κ1) is 15.4. The van der Waals surface area contributed by atoms with E-state index in [1.165, 1.54) is 0 Å². The molecule has 2 atom stereocenters. The van der Waals surface area contributed by atoms with Crippen LogP contribution in [0, 0.1) is 5.92 Å². The number of amides is 1. The Morgan fingerprint density at radius 1 is 1.50 bits per heavy atom. The highest BCUT2D eigenvalue weighted by Gasteiger charge is 2.13. The summed E-state index contributed by atoms with van der Waals surface area (Å²) in [5, 5.41) is 2.97. The lowest BCUT2D eigenvalue weighted by atomic mass is 10.1. The van der Waals surface area contributed by atoms with E-state index in [9.17, 15) is 4.79 Å². The zero-order valence-corrected chi connectivity index (χ0v) is 10.8. The molecular weight excluding hydrogens is 204 g/mol. The van der Waals surface area contributed by atoms with Crippen LogP contribution in [0.4, 0.5) is 0 Å². The second-order valence-corrected chi connectivity index (χ2v) is 4.41. The van der Waals surface area contributed by atoms with Gasteiger partial charge in [0.1, 0.15) is 0 Å². The number of unbranched alkanes of at least 4 members (excludes halogenated alkanes) is 1.